The number of rotatable bonds is 2. The molecule has 2 aromatic carbocycles. The molecule has 0 saturated carbocycles. The zero-order chi connectivity index (χ0) is 18.4. The third-order valence-corrected chi connectivity index (χ3v) is 4.51. The van der Waals surface area contributed by atoms with Gasteiger partial charge in [-0.05, 0) is 24.3 Å². The molecule has 0 amide bonds. The highest BCUT2D eigenvalue weighted by Crippen LogP contribution is 2.37. The molecule has 4 aromatic rings. The van der Waals surface area contributed by atoms with Crippen molar-refractivity contribution in [2.75, 3.05) is 0 Å². The minimum absolute atomic E-state index is 0.110. The second-order valence-corrected chi connectivity index (χ2v) is 6.02. The summed E-state index contributed by atoms with van der Waals surface area (Å²) in [5, 5.41) is 21.9. The summed E-state index contributed by atoms with van der Waals surface area (Å²) in [6, 6.07) is 13.1. The highest BCUT2D eigenvalue weighted by Gasteiger charge is 2.27. The quantitative estimate of drug-likeness (QED) is 0.537. The molecule has 2 aromatic heterocycles. The zero-order valence-electron chi connectivity index (χ0n) is 13.7. The van der Waals surface area contributed by atoms with Gasteiger partial charge < -0.3 is 19.0 Å². The average molecular weight is 350 g/mol. The Kier molecular flexibility index (Phi) is 3.54. The van der Waals surface area contributed by atoms with Gasteiger partial charge >= 0.3 is 11.3 Å². The standard InChI is InChI=1S/C20H14O6/c1-10(15-17(21)11-6-2-4-8-13(11)25-19(15)23)16-18(22)12-7-3-5-9-14(12)26-20(16)24/h2-10,21-22H,1H3. The molecule has 4 rings (SSSR count). The molecule has 0 atom stereocenters. The van der Waals surface area contributed by atoms with Crippen molar-refractivity contribution in [1.29, 1.82) is 0 Å². The van der Waals surface area contributed by atoms with Crippen molar-refractivity contribution in [1.82, 2.24) is 0 Å². The van der Waals surface area contributed by atoms with Crippen molar-refractivity contribution in [3.8, 4) is 11.5 Å². The fraction of sp³-hybridized carbons (Fsp3) is 0.100. The molecule has 2 heterocycles. The maximum atomic E-state index is 12.4. The van der Waals surface area contributed by atoms with E-state index < -0.39 is 17.2 Å². The van der Waals surface area contributed by atoms with E-state index >= 15 is 0 Å². The molecule has 0 aliphatic rings. The van der Waals surface area contributed by atoms with Crippen molar-refractivity contribution >= 4 is 21.9 Å². The molecular formula is C20H14O6. The van der Waals surface area contributed by atoms with Gasteiger partial charge in [0.25, 0.3) is 0 Å². The molecule has 6 heteroatoms. The summed E-state index contributed by atoms with van der Waals surface area (Å²) in [7, 11) is 0. The lowest BCUT2D eigenvalue weighted by atomic mass is 9.92. The van der Waals surface area contributed by atoms with Gasteiger partial charge in [0.1, 0.15) is 22.7 Å². The summed E-state index contributed by atoms with van der Waals surface area (Å²) in [5.74, 6) is -1.50. The lowest BCUT2D eigenvalue weighted by Gasteiger charge is -2.14. The first-order chi connectivity index (χ1) is 12.5. The lowest BCUT2D eigenvalue weighted by molar-refractivity contribution is 0.438. The molecule has 0 spiro atoms. The summed E-state index contributed by atoms with van der Waals surface area (Å²) in [4.78, 5) is 24.8. The van der Waals surface area contributed by atoms with Gasteiger partial charge in [0, 0.05) is 5.92 Å². The minimum atomic E-state index is -0.934. The van der Waals surface area contributed by atoms with E-state index in [1.54, 1.807) is 48.5 Å². The molecule has 26 heavy (non-hydrogen) atoms. The molecule has 0 saturated heterocycles. The SMILES string of the molecule is CC(c1c(O)c2ccccc2oc1=O)c1c(O)c2ccccc2oc1=O. The van der Waals surface area contributed by atoms with Crippen LogP contribution in [0.1, 0.15) is 24.0 Å². The Labute approximate surface area is 146 Å². The molecule has 0 aliphatic carbocycles. The van der Waals surface area contributed by atoms with Gasteiger partial charge in [0.05, 0.1) is 21.9 Å². The maximum absolute atomic E-state index is 12.4. The van der Waals surface area contributed by atoms with Crippen LogP contribution in [0, 0.1) is 0 Å². The number of fused-ring (bicyclic) bond motifs is 2. The van der Waals surface area contributed by atoms with Crippen LogP contribution in [0.2, 0.25) is 0 Å². The van der Waals surface area contributed by atoms with Crippen LogP contribution in [0.3, 0.4) is 0 Å². The first-order valence-corrected chi connectivity index (χ1v) is 7.98. The van der Waals surface area contributed by atoms with E-state index in [1.165, 1.54) is 6.92 Å². The summed E-state index contributed by atoms with van der Waals surface area (Å²) in [5.41, 5.74) is -1.30. The summed E-state index contributed by atoms with van der Waals surface area (Å²) < 4.78 is 10.5. The first-order valence-electron chi connectivity index (χ1n) is 7.98. The normalized spacial score (nSPS) is 11.5. The van der Waals surface area contributed by atoms with E-state index in [0.29, 0.717) is 10.8 Å². The minimum Gasteiger partial charge on any atom is -0.507 e. The Bertz CT molecular complexity index is 1170. The Morgan fingerprint density at radius 1 is 0.731 bits per heavy atom. The zero-order valence-corrected chi connectivity index (χ0v) is 13.7. The van der Waals surface area contributed by atoms with Crippen LogP contribution < -0.4 is 11.3 Å². The molecule has 2 N–H and O–H groups in total. The number of benzene rings is 2. The predicted molar refractivity (Wildman–Crippen MR) is 95.8 cm³/mol. The molecular weight excluding hydrogens is 336 g/mol. The van der Waals surface area contributed by atoms with E-state index in [4.69, 9.17) is 8.83 Å². The van der Waals surface area contributed by atoms with Crippen molar-refractivity contribution < 1.29 is 19.0 Å². The van der Waals surface area contributed by atoms with Crippen LogP contribution in [0.4, 0.5) is 0 Å². The third kappa shape index (κ3) is 2.27. The first kappa shape index (κ1) is 16.0. The molecule has 6 nitrogen and oxygen atoms in total. The van der Waals surface area contributed by atoms with Gasteiger partial charge in [-0.2, -0.15) is 0 Å². The van der Waals surface area contributed by atoms with E-state index in [-0.39, 0.29) is 33.8 Å². The molecule has 0 unspecified atom stereocenters. The highest BCUT2D eigenvalue weighted by molar-refractivity contribution is 5.86. The monoisotopic (exact) mass is 350 g/mol. The van der Waals surface area contributed by atoms with Gasteiger partial charge in [0.2, 0.25) is 0 Å². The van der Waals surface area contributed by atoms with Gasteiger partial charge in [-0.25, -0.2) is 9.59 Å². The van der Waals surface area contributed by atoms with Crippen LogP contribution >= 0.6 is 0 Å². The number of para-hydroxylation sites is 2. The molecule has 0 radical (unpaired) electrons. The van der Waals surface area contributed by atoms with Crippen molar-refractivity contribution in [3.05, 3.63) is 80.5 Å². The summed E-state index contributed by atoms with van der Waals surface area (Å²) in [6.07, 6.45) is 0. The molecule has 0 aliphatic heterocycles. The van der Waals surface area contributed by atoms with E-state index in [1.807, 2.05) is 0 Å². The number of aromatic hydroxyl groups is 2. The van der Waals surface area contributed by atoms with Crippen molar-refractivity contribution in [2.45, 2.75) is 12.8 Å². The van der Waals surface area contributed by atoms with Crippen LogP contribution in [0.25, 0.3) is 21.9 Å². The summed E-state index contributed by atoms with van der Waals surface area (Å²) in [6.45, 7) is 1.53. The smallest absolute Gasteiger partial charge is 0.343 e. The van der Waals surface area contributed by atoms with Crippen LogP contribution in [-0.2, 0) is 0 Å². The molecule has 130 valence electrons. The second kappa shape index (κ2) is 5.77. The largest absolute Gasteiger partial charge is 0.507 e. The molecule has 0 fully saturated rings. The number of hydrogen-bond acceptors (Lipinski definition) is 6. The Morgan fingerprint density at radius 2 is 1.12 bits per heavy atom. The Morgan fingerprint density at radius 3 is 1.54 bits per heavy atom. The van der Waals surface area contributed by atoms with E-state index in [2.05, 4.69) is 0 Å². The van der Waals surface area contributed by atoms with Crippen LogP contribution in [-0.4, -0.2) is 10.2 Å². The Hall–Kier alpha value is -3.54. The topological polar surface area (TPSA) is 101 Å². The van der Waals surface area contributed by atoms with E-state index in [9.17, 15) is 19.8 Å². The third-order valence-electron chi connectivity index (χ3n) is 4.51. The maximum Gasteiger partial charge on any atom is 0.343 e. The van der Waals surface area contributed by atoms with Gasteiger partial charge in [0.15, 0.2) is 0 Å². The van der Waals surface area contributed by atoms with Gasteiger partial charge in [-0.1, -0.05) is 31.2 Å². The van der Waals surface area contributed by atoms with Gasteiger partial charge in [-0.3, -0.25) is 0 Å². The van der Waals surface area contributed by atoms with Crippen molar-refractivity contribution in [2.24, 2.45) is 0 Å². The van der Waals surface area contributed by atoms with E-state index in [0.717, 1.165) is 0 Å². The fourth-order valence-electron chi connectivity index (χ4n) is 3.20. The fourth-order valence-corrected chi connectivity index (χ4v) is 3.20. The van der Waals surface area contributed by atoms with Crippen molar-refractivity contribution in [3.63, 3.8) is 0 Å². The Balaban J connectivity index is 2.02. The second-order valence-electron chi connectivity index (χ2n) is 6.02. The van der Waals surface area contributed by atoms with Crippen LogP contribution in [0.5, 0.6) is 11.5 Å². The van der Waals surface area contributed by atoms with Gasteiger partial charge in [-0.15, -0.1) is 0 Å². The average Bonchev–Trinajstić information content (AvgIpc) is 2.62. The lowest BCUT2D eigenvalue weighted by Crippen LogP contribution is -2.18. The molecule has 0 bridgehead atoms. The summed E-state index contributed by atoms with van der Waals surface area (Å²) >= 11 is 0. The highest BCUT2D eigenvalue weighted by atomic mass is 16.4. The predicted octanol–water partition coefficient (Wildman–Crippen LogP) is 3.46. The van der Waals surface area contributed by atoms with Crippen LogP contribution in [0.15, 0.2) is 67.0 Å². The number of hydrogen-bond donors (Lipinski definition) is 2.